The summed E-state index contributed by atoms with van der Waals surface area (Å²) in [6, 6.07) is 2.10. The lowest BCUT2D eigenvalue weighted by Gasteiger charge is -2.24. The van der Waals surface area contributed by atoms with E-state index in [4.69, 9.17) is 0 Å². The number of hydrogen-bond acceptors (Lipinski definition) is 2. The summed E-state index contributed by atoms with van der Waals surface area (Å²) in [5.41, 5.74) is 3.24. The Morgan fingerprint density at radius 1 is 1.37 bits per heavy atom. The summed E-state index contributed by atoms with van der Waals surface area (Å²) in [6.07, 6.45) is 12.8. The molecular formula is C16H22N2O. The van der Waals surface area contributed by atoms with Gasteiger partial charge in [-0.3, -0.25) is 0 Å². The fourth-order valence-corrected chi connectivity index (χ4v) is 3.34. The number of fused-ring (bicyclic) bond motifs is 1. The summed E-state index contributed by atoms with van der Waals surface area (Å²) in [6.45, 7) is 2.07. The maximum atomic E-state index is 10.6. The number of aliphatic hydroxyl groups excluding tert-OH is 1. The molecule has 1 aliphatic rings. The molecule has 1 atom stereocenters. The molecule has 2 heterocycles. The molecule has 1 aliphatic carbocycles. The molecule has 2 aromatic rings. The molecule has 0 aliphatic heterocycles. The van der Waals surface area contributed by atoms with Crippen LogP contribution in [0.2, 0.25) is 0 Å². The van der Waals surface area contributed by atoms with Crippen molar-refractivity contribution in [2.24, 2.45) is 5.92 Å². The number of aromatic nitrogens is 2. The molecule has 1 fully saturated rings. The quantitative estimate of drug-likeness (QED) is 0.912. The monoisotopic (exact) mass is 258 g/mol. The number of nitrogens with zero attached hydrogens (tertiary/aromatic N) is 2. The van der Waals surface area contributed by atoms with Crippen LogP contribution >= 0.6 is 0 Å². The Balaban J connectivity index is 1.83. The number of aryl methyl sites for hydroxylation is 1. The fraction of sp³-hybridized carbons (Fsp3) is 0.562. The zero-order valence-electron chi connectivity index (χ0n) is 11.5. The molecule has 0 spiro atoms. The van der Waals surface area contributed by atoms with Gasteiger partial charge in [-0.25, -0.2) is 4.98 Å². The largest absolute Gasteiger partial charge is 0.388 e. The van der Waals surface area contributed by atoms with Gasteiger partial charge >= 0.3 is 0 Å². The predicted octanol–water partition coefficient (Wildman–Crippen LogP) is 3.65. The van der Waals surface area contributed by atoms with Gasteiger partial charge in [0.25, 0.3) is 0 Å². The van der Waals surface area contributed by atoms with E-state index < -0.39 is 0 Å². The number of imidazole rings is 1. The summed E-state index contributed by atoms with van der Waals surface area (Å²) in [5, 5.41) is 10.6. The zero-order chi connectivity index (χ0) is 13.2. The molecule has 3 rings (SSSR count). The van der Waals surface area contributed by atoms with Crippen molar-refractivity contribution < 1.29 is 5.11 Å². The minimum Gasteiger partial charge on any atom is -0.388 e. The fourth-order valence-electron chi connectivity index (χ4n) is 3.34. The molecule has 0 radical (unpaired) electrons. The molecule has 1 unspecified atom stereocenters. The molecule has 1 saturated carbocycles. The van der Waals surface area contributed by atoms with E-state index in [-0.39, 0.29) is 6.10 Å². The van der Waals surface area contributed by atoms with Gasteiger partial charge in [0, 0.05) is 11.8 Å². The second-order valence-electron chi connectivity index (χ2n) is 5.91. The molecule has 3 nitrogen and oxygen atoms in total. The summed E-state index contributed by atoms with van der Waals surface area (Å²) < 4.78 is 2.01. The van der Waals surface area contributed by atoms with Crippen molar-refractivity contribution in [3.05, 3.63) is 35.9 Å². The van der Waals surface area contributed by atoms with Gasteiger partial charge in [-0.05, 0) is 30.9 Å². The Hall–Kier alpha value is -1.35. The second-order valence-corrected chi connectivity index (χ2v) is 5.91. The highest BCUT2D eigenvalue weighted by Crippen LogP contribution is 2.33. The molecule has 102 valence electrons. The number of pyridine rings is 1. The average Bonchev–Trinajstić information content (AvgIpc) is 2.86. The molecular weight excluding hydrogens is 236 g/mol. The molecule has 0 aromatic carbocycles. The Kier molecular flexibility index (Phi) is 3.56. The van der Waals surface area contributed by atoms with Crippen molar-refractivity contribution in [3.8, 4) is 0 Å². The second kappa shape index (κ2) is 5.33. The summed E-state index contributed by atoms with van der Waals surface area (Å²) in [4.78, 5) is 4.18. The van der Waals surface area contributed by atoms with Gasteiger partial charge < -0.3 is 9.51 Å². The van der Waals surface area contributed by atoms with Gasteiger partial charge in [-0.2, -0.15) is 0 Å². The van der Waals surface area contributed by atoms with Crippen LogP contribution < -0.4 is 0 Å². The topological polar surface area (TPSA) is 37.5 Å². The first-order chi connectivity index (χ1) is 9.24. The Morgan fingerprint density at radius 2 is 2.16 bits per heavy atom. The van der Waals surface area contributed by atoms with Gasteiger partial charge in [0.05, 0.1) is 24.1 Å². The molecule has 1 N–H and O–H groups in total. The normalized spacial score (nSPS) is 18.8. The van der Waals surface area contributed by atoms with Gasteiger partial charge in [0.1, 0.15) is 0 Å². The third-order valence-corrected chi connectivity index (χ3v) is 4.33. The summed E-state index contributed by atoms with van der Waals surface area (Å²) >= 11 is 0. The predicted molar refractivity (Wildman–Crippen MR) is 76.1 cm³/mol. The maximum absolute atomic E-state index is 10.6. The van der Waals surface area contributed by atoms with Crippen LogP contribution in [-0.4, -0.2) is 14.5 Å². The van der Waals surface area contributed by atoms with Crippen molar-refractivity contribution in [1.29, 1.82) is 0 Å². The van der Waals surface area contributed by atoms with Crippen LogP contribution in [0.3, 0.4) is 0 Å². The number of aliphatic hydroxyl groups is 1. The van der Waals surface area contributed by atoms with Crippen LogP contribution in [0.5, 0.6) is 0 Å². The zero-order valence-corrected chi connectivity index (χ0v) is 11.5. The molecule has 0 amide bonds. The molecule has 0 bridgehead atoms. The smallest absolute Gasteiger partial charge is 0.0992 e. The first-order valence-corrected chi connectivity index (χ1v) is 7.34. The molecule has 19 heavy (non-hydrogen) atoms. The van der Waals surface area contributed by atoms with E-state index in [0.717, 1.165) is 17.5 Å². The van der Waals surface area contributed by atoms with Crippen molar-refractivity contribution >= 4 is 5.52 Å². The van der Waals surface area contributed by atoms with Crippen molar-refractivity contribution in [3.63, 3.8) is 0 Å². The third-order valence-electron chi connectivity index (χ3n) is 4.33. The standard InChI is InChI=1S/C16H22N2O/c1-12-7-14(15-9-17-11-18(15)10-12)16(19)8-13-5-3-2-4-6-13/h7,9-11,13,16,19H,2-6,8H2,1H3. The lowest BCUT2D eigenvalue weighted by Crippen LogP contribution is -2.12. The van der Waals surface area contributed by atoms with Gasteiger partial charge in [-0.15, -0.1) is 0 Å². The van der Waals surface area contributed by atoms with Crippen molar-refractivity contribution in [1.82, 2.24) is 9.38 Å². The van der Waals surface area contributed by atoms with Gasteiger partial charge in [0.15, 0.2) is 0 Å². The van der Waals surface area contributed by atoms with Crippen LogP contribution in [0.1, 0.15) is 55.8 Å². The number of rotatable bonds is 3. The van der Waals surface area contributed by atoms with Crippen LogP contribution in [-0.2, 0) is 0 Å². The first kappa shape index (κ1) is 12.7. The van der Waals surface area contributed by atoms with Crippen molar-refractivity contribution in [2.45, 2.75) is 51.6 Å². The van der Waals surface area contributed by atoms with E-state index in [9.17, 15) is 5.11 Å². The average molecular weight is 258 g/mol. The van der Waals surface area contributed by atoms with Crippen LogP contribution in [0.4, 0.5) is 0 Å². The number of hydrogen-bond donors (Lipinski definition) is 1. The third kappa shape index (κ3) is 2.66. The molecule has 3 heteroatoms. The van der Waals surface area contributed by atoms with Crippen LogP contribution in [0.25, 0.3) is 5.52 Å². The molecule has 2 aromatic heterocycles. The highest BCUT2D eigenvalue weighted by Gasteiger charge is 2.20. The maximum Gasteiger partial charge on any atom is 0.0992 e. The van der Waals surface area contributed by atoms with E-state index >= 15 is 0 Å². The summed E-state index contributed by atoms with van der Waals surface area (Å²) in [5.74, 6) is 0.687. The Labute approximate surface area is 114 Å². The summed E-state index contributed by atoms with van der Waals surface area (Å²) in [7, 11) is 0. The van der Waals surface area contributed by atoms with Gasteiger partial charge in [-0.1, -0.05) is 32.1 Å². The van der Waals surface area contributed by atoms with Crippen LogP contribution in [0.15, 0.2) is 24.8 Å². The Morgan fingerprint density at radius 3 is 2.95 bits per heavy atom. The van der Waals surface area contributed by atoms with Crippen molar-refractivity contribution in [2.75, 3.05) is 0 Å². The van der Waals surface area contributed by atoms with E-state index in [1.165, 1.54) is 37.7 Å². The highest BCUT2D eigenvalue weighted by atomic mass is 16.3. The van der Waals surface area contributed by atoms with Gasteiger partial charge in [0.2, 0.25) is 0 Å². The lowest BCUT2D eigenvalue weighted by molar-refractivity contribution is 0.132. The Bertz CT molecular complexity index is 555. The highest BCUT2D eigenvalue weighted by molar-refractivity contribution is 5.55. The van der Waals surface area contributed by atoms with Crippen LogP contribution in [0, 0.1) is 12.8 Å². The lowest BCUT2D eigenvalue weighted by atomic mass is 9.84. The van der Waals surface area contributed by atoms with E-state index in [2.05, 4.69) is 24.2 Å². The van der Waals surface area contributed by atoms with E-state index in [0.29, 0.717) is 5.92 Å². The minimum absolute atomic E-state index is 0.359. The van der Waals surface area contributed by atoms with E-state index in [1.54, 1.807) is 6.33 Å². The first-order valence-electron chi connectivity index (χ1n) is 7.34. The SMILES string of the molecule is Cc1cc(C(O)CC2CCCCC2)c2cncn2c1. The minimum atomic E-state index is -0.359. The van der Waals surface area contributed by atoms with E-state index in [1.807, 2.05) is 10.6 Å². The molecule has 0 saturated heterocycles.